The van der Waals surface area contributed by atoms with Gasteiger partial charge in [0.15, 0.2) is 0 Å². The molecule has 19 heavy (non-hydrogen) atoms. The Morgan fingerprint density at radius 2 is 2.37 bits per heavy atom. The SMILES string of the molecule is CNCC1CN(C(=O)c2ccc(O)cc2C)CCO1. The number of hydrogen-bond donors (Lipinski definition) is 2. The van der Waals surface area contributed by atoms with Gasteiger partial charge in [-0.05, 0) is 37.7 Å². The van der Waals surface area contributed by atoms with Crippen molar-refractivity contribution < 1.29 is 14.6 Å². The molecule has 1 amide bonds. The molecular formula is C14H20N2O3. The Bertz CT molecular complexity index is 460. The van der Waals surface area contributed by atoms with Crippen molar-refractivity contribution in [2.24, 2.45) is 0 Å². The summed E-state index contributed by atoms with van der Waals surface area (Å²) in [6.45, 7) is 4.34. The molecule has 0 radical (unpaired) electrons. The van der Waals surface area contributed by atoms with Crippen LogP contribution in [0.1, 0.15) is 15.9 Å². The number of nitrogens with one attached hydrogen (secondary N) is 1. The highest BCUT2D eigenvalue weighted by molar-refractivity contribution is 5.95. The Morgan fingerprint density at radius 3 is 3.05 bits per heavy atom. The number of nitrogens with zero attached hydrogens (tertiary/aromatic N) is 1. The van der Waals surface area contributed by atoms with E-state index in [-0.39, 0.29) is 17.8 Å². The lowest BCUT2D eigenvalue weighted by atomic mass is 10.1. The van der Waals surface area contributed by atoms with Crippen molar-refractivity contribution in [2.75, 3.05) is 33.3 Å². The summed E-state index contributed by atoms with van der Waals surface area (Å²) >= 11 is 0. The monoisotopic (exact) mass is 264 g/mol. The van der Waals surface area contributed by atoms with Gasteiger partial charge in [-0.25, -0.2) is 0 Å². The third kappa shape index (κ3) is 3.24. The van der Waals surface area contributed by atoms with E-state index in [4.69, 9.17) is 4.74 Å². The van der Waals surface area contributed by atoms with Gasteiger partial charge >= 0.3 is 0 Å². The van der Waals surface area contributed by atoms with Gasteiger partial charge in [0.1, 0.15) is 5.75 Å². The van der Waals surface area contributed by atoms with E-state index in [9.17, 15) is 9.90 Å². The zero-order valence-corrected chi connectivity index (χ0v) is 11.3. The Labute approximate surface area is 113 Å². The fourth-order valence-electron chi connectivity index (χ4n) is 2.31. The topological polar surface area (TPSA) is 61.8 Å². The van der Waals surface area contributed by atoms with Crippen LogP contribution in [-0.2, 0) is 4.74 Å². The standard InChI is InChI=1S/C14H20N2O3/c1-10-7-11(17)3-4-13(10)14(18)16-5-6-19-12(9-16)8-15-2/h3-4,7,12,15,17H,5-6,8-9H2,1-2H3. The molecule has 1 heterocycles. The minimum atomic E-state index is 0.00176. The van der Waals surface area contributed by atoms with E-state index >= 15 is 0 Å². The molecule has 2 rings (SSSR count). The van der Waals surface area contributed by atoms with Crippen molar-refractivity contribution in [3.8, 4) is 5.75 Å². The van der Waals surface area contributed by atoms with Crippen LogP contribution in [0.4, 0.5) is 0 Å². The molecule has 2 N–H and O–H groups in total. The molecule has 0 aromatic heterocycles. The number of morpholine rings is 1. The van der Waals surface area contributed by atoms with Gasteiger partial charge in [-0.1, -0.05) is 0 Å². The molecule has 5 nitrogen and oxygen atoms in total. The summed E-state index contributed by atoms with van der Waals surface area (Å²) in [6.07, 6.45) is 0.0418. The minimum absolute atomic E-state index is 0.00176. The van der Waals surface area contributed by atoms with Crippen LogP contribution >= 0.6 is 0 Å². The third-order valence-corrected chi connectivity index (χ3v) is 3.30. The number of aromatic hydroxyl groups is 1. The Morgan fingerprint density at radius 1 is 1.58 bits per heavy atom. The summed E-state index contributed by atoms with van der Waals surface area (Å²) in [7, 11) is 1.87. The number of carbonyl (C=O) groups is 1. The summed E-state index contributed by atoms with van der Waals surface area (Å²) in [4.78, 5) is 14.3. The summed E-state index contributed by atoms with van der Waals surface area (Å²) in [5.74, 6) is 0.186. The van der Waals surface area contributed by atoms with E-state index in [0.29, 0.717) is 25.3 Å². The van der Waals surface area contributed by atoms with Crippen LogP contribution in [0.3, 0.4) is 0 Å². The van der Waals surface area contributed by atoms with Crippen molar-refractivity contribution in [3.63, 3.8) is 0 Å². The van der Waals surface area contributed by atoms with Crippen LogP contribution in [0.2, 0.25) is 0 Å². The summed E-state index contributed by atoms with van der Waals surface area (Å²) in [5, 5.41) is 12.4. The van der Waals surface area contributed by atoms with E-state index < -0.39 is 0 Å². The molecule has 1 aliphatic heterocycles. The van der Waals surface area contributed by atoms with Crippen molar-refractivity contribution in [2.45, 2.75) is 13.0 Å². The highest BCUT2D eigenvalue weighted by Crippen LogP contribution is 2.18. The van der Waals surface area contributed by atoms with Crippen LogP contribution in [0.15, 0.2) is 18.2 Å². The lowest BCUT2D eigenvalue weighted by Gasteiger charge is -2.33. The molecular weight excluding hydrogens is 244 g/mol. The van der Waals surface area contributed by atoms with E-state index in [1.165, 1.54) is 0 Å². The number of likely N-dealkylation sites (N-methyl/N-ethyl adjacent to an activating group) is 1. The maximum atomic E-state index is 12.4. The third-order valence-electron chi connectivity index (χ3n) is 3.30. The number of benzene rings is 1. The number of rotatable bonds is 3. The first-order chi connectivity index (χ1) is 9.11. The number of hydrogen-bond acceptors (Lipinski definition) is 4. The summed E-state index contributed by atoms with van der Waals surface area (Å²) in [5.41, 5.74) is 1.43. The van der Waals surface area contributed by atoms with E-state index in [1.807, 2.05) is 18.9 Å². The van der Waals surface area contributed by atoms with Crippen molar-refractivity contribution >= 4 is 5.91 Å². The first-order valence-corrected chi connectivity index (χ1v) is 6.47. The maximum absolute atomic E-state index is 12.4. The summed E-state index contributed by atoms with van der Waals surface area (Å²) < 4.78 is 5.59. The molecule has 1 atom stereocenters. The molecule has 0 spiro atoms. The van der Waals surface area contributed by atoms with E-state index in [1.54, 1.807) is 18.2 Å². The lowest BCUT2D eigenvalue weighted by Crippen LogP contribution is -2.48. The fraction of sp³-hybridized carbons (Fsp3) is 0.500. The average Bonchev–Trinajstić information content (AvgIpc) is 2.39. The van der Waals surface area contributed by atoms with Crippen molar-refractivity contribution in [1.82, 2.24) is 10.2 Å². The Hall–Kier alpha value is -1.59. The number of phenols is 1. The average molecular weight is 264 g/mol. The highest BCUT2D eigenvalue weighted by atomic mass is 16.5. The van der Waals surface area contributed by atoms with Crippen molar-refractivity contribution in [1.29, 1.82) is 0 Å². The molecule has 1 unspecified atom stereocenters. The van der Waals surface area contributed by atoms with Gasteiger partial charge in [-0.15, -0.1) is 0 Å². The van der Waals surface area contributed by atoms with Crippen LogP contribution < -0.4 is 5.32 Å². The van der Waals surface area contributed by atoms with Crippen molar-refractivity contribution in [3.05, 3.63) is 29.3 Å². The van der Waals surface area contributed by atoms with Gasteiger partial charge in [-0.2, -0.15) is 0 Å². The molecule has 1 saturated heterocycles. The number of phenolic OH excluding ortho intramolecular Hbond substituents is 1. The van der Waals surface area contributed by atoms with Gasteiger partial charge < -0.3 is 20.1 Å². The number of aryl methyl sites for hydroxylation is 1. The summed E-state index contributed by atoms with van der Waals surface area (Å²) in [6, 6.07) is 4.83. The van der Waals surface area contributed by atoms with Gasteiger partial charge in [0, 0.05) is 25.2 Å². The first-order valence-electron chi connectivity index (χ1n) is 6.47. The fourth-order valence-corrected chi connectivity index (χ4v) is 2.31. The predicted octanol–water partition coefficient (Wildman–Crippen LogP) is 0.761. The Kier molecular flexibility index (Phi) is 4.39. The molecule has 1 aromatic rings. The van der Waals surface area contributed by atoms with E-state index in [0.717, 1.165) is 12.1 Å². The van der Waals surface area contributed by atoms with Crippen LogP contribution in [0, 0.1) is 6.92 Å². The molecule has 104 valence electrons. The van der Waals surface area contributed by atoms with Crippen LogP contribution in [0.25, 0.3) is 0 Å². The van der Waals surface area contributed by atoms with E-state index in [2.05, 4.69) is 5.32 Å². The molecule has 1 fully saturated rings. The highest BCUT2D eigenvalue weighted by Gasteiger charge is 2.25. The van der Waals surface area contributed by atoms with Gasteiger partial charge in [-0.3, -0.25) is 4.79 Å². The number of carbonyl (C=O) groups excluding carboxylic acids is 1. The smallest absolute Gasteiger partial charge is 0.254 e. The van der Waals surface area contributed by atoms with Gasteiger partial charge in [0.05, 0.1) is 12.7 Å². The first kappa shape index (κ1) is 13.8. The van der Waals surface area contributed by atoms with Gasteiger partial charge in [0.25, 0.3) is 5.91 Å². The molecule has 1 aromatic carbocycles. The normalized spacial score (nSPS) is 19.5. The second-order valence-corrected chi connectivity index (χ2v) is 4.80. The van der Waals surface area contributed by atoms with Crippen LogP contribution in [0.5, 0.6) is 5.75 Å². The molecule has 0 bridgehead atoms. The minimum Gasteiger partial charge on any atom is -0.508 e. The largest absolute Gasteiger partial charge is 0.508 e. The zero-order chi connectivity index (χ0) is 13.8. The Balaban J connectivity index is 2.10. The number of amides is 1. The number of ether oxygens (including phenoxy) is 1. The molecule has 0 saturated carbocycles. The molecule has 0 aliphatic carbocycles. The molecule has 5 heteroatoms. The van der Waals surface area contributed by atoms with Crippen LogP contribution in [-0.4, -0.2) is 55.3 Å². The second-order valence-electron chi connectivity index (χ2n) is 4.80. The lowest BCUT2D eigenvalue weighted by molar-refractivity contribution is -0.0196. The maximum Gasteiger partial charge on any atom is 0.254 e. The predicted molar refractivity (Wildman–Crippen MR) is 72.4 cm³/mol. The quantitative estimate of drug-likeness (QED) is 0.846. The molecule has 1 aliphatic rings. The zero-order valence-electron chi connectivity index (χ0n) is 11.3. The second kappa shape index (κ2) is 6.04. The van der Waals surface area contributed by atoms with Gasteiger partial charge in [0.2, 0.25) is 0 Å².